The summed E-state index contributed by atoms with van der Waals surface area (Å²) in [6.45, 7) is 1.23. The van der Waals surface area contributed by atoms with Crippen molar-refractivity contribution >= 4 is 11.3 Å². The molecule has 1 aromatic rings. The van der Waals surface area contributed by atoms with Crippen LogP contribution in [-0.2, 0) is 12.8 Å². The zero-order valence-corrected chi connectivity index (χ0v) is 7.09. The molecule has 1 rings (SSSR count). The highest BCUT2D eigenvalue weighted by molar-refractivity contribution is 7.12. The lowest BCUT2D eigenvalue weighted by Gasteiger charge is -2.00. The van der Waals surface area contributed by atoms with E-state index < -0.39 is 11.1 Å². The molecule has 5 heteroatoms. The molecule has 0 fully saturated rings. The van der Waals surface area contributed by atoms with Crippen molar-refractivity contribution in [1.29, 1.82) is 0 Å². The monoisotopic (exact) mass is 196 g/mol. The second kappa shape index (κ2) is 3.06. The minimum atomic E-state index is -4.29. The predicted molar refractivity (Wildman–Crippen MR) is 40.0 cm³/mol. The van der Waals surface area contributed by atoms with Crippen molar-refractivity contribution in [3.8, 4) is 0 Å². The van der Waals surface area contributed by atoms with Gasteiger partial charge in [-0.3, -0.25) is 0 Å². The summed E-state index contributed by atoms with van der Waals surface area (Å²) in [7, 11) is 0. The van der Waals surface area contributed by atoms with E-state index >= 15 is 0 Å². The normalized spacial score (nSPS) is 12.1. The Morgan fingerprint density at radius 3 is 2.33 bits per heavy atom. The van der Waals surface area contributed by atoms with E-state index in [0.29, 0.717) is 21.8 Å². The van der Waals surface area contributed by atoms with Crippen LogP contribution < -0.4 is 0 Å². The van der Waals surface area contributed by atoms with Gasteiger partial charge in [0.05, 0.1) is 6.61 Å². The van der Waals surface area contributed by atoms with E-state index in [1.54, 1.807) is 6.92 Å². The number of hydrogen-bond acceptors (Lipinski definition) is 2. The summed E-state index contributed by atoms with van der Waals surface area (Å²) in [5.41, 5.74) is 0.495. The Hall–Kier alpha value is -0.550. The molecule has 0 radical (unpaired) electrons. The van der Waals surface area contributed by atoms with E-state index in [1.165, 1.54) is 0 Å². The number of halogens is 3. The lowest BCUT2D eigenvalue weighted by molar-refractivity contribution is -0.134. The Kier molecular flexibility index (Phi) is 2.44. The molecule has 0 aliphatic carbocycles. The molecule has 12 heavy (non-hydrogen) atoms. The van der Waals surface area contributed by atoms with Crippen molar-refractivity contribution < 1.29 is 18.3 Å². The number of aliphatic hydroxyl groups is 1. The molecule has 0 amide bonds. The fourth-order valence-corrected chi connectivity index (χ4v) is 1.72. The van der Waals surface area contributed by atoms with Crippen LogP contribution in [0.25, 0.3) is 0 Å². The largest absolute Gasteiger partial charge is 0.425 e. The second-order valence-electron chi connectivity index (χ2n) is 2.37. The Balaban J connectivity index is 3.05. The van der Waals surface area contributed by atoms with Gasteiger partial charge < -0.3 is 5.11 Å². The van der Waals surface area contributed by atoms with Gasteiger partial charge in [0.25, 0.3) is 0 Å². The zero-order valence-electron chi connectivity index (χ0n) is 6.27. The number of aliphatic hydroxyl groups excluding tert-OH is 1. The number of hydrogen-bond donors (Lipinski definition) is 1. The Morgan fingerprint density at radius 1 is 1.50 bits per heavy atom. The number of rotatable bonds is 1. The lowest BCUT2D eigenvalue weighted by atomic mass is 10.3. The third-order valence-electron chi connectivity index (χ3n) is 1.44. The molecule has 0 spiro atoms. The maximum absolute atomic E-state index is 12.0. The summed E-state index contributed by atoms with van der Waals surface area (Å²) in [6.07, 6.45) is -4.29. The van der Waals surface area contributed by atoms with Crippen LogP contribution in [0.2, 0.25) is 0 Å². The minimum absolute atomic E-state index is 0.327. The molecule has 1 nitrogen and oxygen atoms in total. The van der Waals surface area contributed by atoms with Crippen LogP contribution in [0.5, 0.6) is 0 Å². The molecule has 0 atom stereocenters. The molecule has 0 bridgehead atoms. The summed E-state index contributed by atoms with van der Waals surface area (Å²) in [4.78, 5) is -0.272. The van der Waals surface area contributed by atoms with E-state index in [2.05, 4.69) is 0 Å². The maximum atomic E-state index is 12.0. The van der Waals surface area contributed by atoms with Crippen molar-refractivity contribution in [2.45, 2.75) is 19.7 Å². The molecular weight excluding hydrogens is 189 g/mol. The minimum Gasteiger partial charge on any atom is -0.391 e. The summed E-state index contributed by atoms with van der Waals surface area (Å²) in [5.74, 6) is 0. The van der Waals surface area contributed by atoms with Crippen molar-refractivity contribution in [3.63, 3.8) is 0 Å². The van der Waals surface area contributed by atoms with Crippen LogP contribution in [0.3, 0.4) is 0 Å². The predicted octanol–water partition coefficient (Wildman–Crippen LogP) is 2.57. The van der Waals surface area contributed by atoms with Gasteiger partial charge in [0, 0.05) is 4.88 Å². The van der Waals surface area contributed by atoms with Gasteiger partial charge in [-0.2, -0.15) is 13.2 Å². The standard InChI is InChI=1S/C7H7F3OS/c1-4-2-6(7(8,9)10)12-5(4)3-11/h2,11H,3H2,1H3. The molecule has 0 saturated heterocycles. The first kappa shape index (κ1) is 9.54. The van der Waals surface area contributed by atoms with Gasteiger partial charge in [-0.1, -0.05) is 0 Å². The zero-order chi connectivity index (χ0) is 9.35. The Bertz CT molecular complexity index is 277. The highest BCUT2D eigenvalue weighted by atomic mass is 32.1. The molecule has 0 aliphatic heterocycles. The topological polar surface area (TPSA) is 20.2 Å². The van der Waals surface area contributed by atoms with Gasteiger partial charge in [-0.05, 0) is 18.6 Å². The van der Waals surface area contributed by atoms with Gasteiger partial charge in [0.15, 0.2) is 0 Å². The van der Waals surface area contributed by atoms with Gasteiger partial charge in [0.2, 0.25) is 0 Å². The van der Waals surface area contributed by atoms with Gasteiger partial charge in [0.1, 0.15) is 4.88 Å². The Morgan fingerprint density at radius 2 is 2.08 bits per heavy atom. The second-order valence-corrected chi connectivity index (χ2v) is 3.51. The summed E-state index contributed by atoms with van der Waals surface area (Å²) < 4.78 is 36.1. The van der Waals surface area contributed by atoms with E-state index in [0.717, 1.165) is 6.07 Å². The molecule has 0 saturated carbocycles. The first-order valence-corrected chi connectivity index (χ1v) is 4.04. The third kappa shape index (κ3) is 1.78. The summed E-state index contributed by atoms with van der Waals surface area (Å²) >= 11 is 0.591. The quantitative estimate of drug-likeness (QED) is 0.731. The third-order valence-corrected chi connectivity index (χ3v) is 2.71. The smallest absolute Gasteiger partial charge is 0.391 e. The van der Waals surface area contributed by atoms with Crippen molar-refractivity contribution in [1.82, 2.24) is 0 Å². The molecule has 0 aromatic carbocycles. The fourth-order valence-electron chi connectivity index (χ4n) is 0.816. The highest BCUT2D eigenvalue weighted by Crippen LogP contribution is 2.36. The molecule has 0 unspecified atom stereocenters. The number of thiophene rings is 1. The fraction of sp³-hybridized carbons (Fsp3) is 0.429. The Labute approximate surface area is 71.5 Å². The van der Waals surface area contributed by atoms with Gasteiger partial charge in [-0.15, -0.1) is 11.3 Å². The first-order valence-electron chi connectivity index (χ1n) is 3.22. The molecule has 0 aliphatic rings. The van der Waals surface area contributed by atoms with Crippen LogP contribution in [0, 0.1) is 6.92 Å². The van der Waals surface area contributed by atoms with E-state index in [-0.39, 0.29) is 6.61 Å². The number of alkyl halides is 3. The van der Waals surface area contributed by atoms with Crippen molar-refractivity contribution in [3.05, 3.63) is 21.4 Å². The van der Waals surface area contributed by atoms with Crippen molar-refractivity contribution in [2.75, 3.05) is 0 Å². The van der Waals surface area contributed by atoms with Crippen LogP contribution >= 0.6 is 11.3 Å². The summed E-state index contributed by atoms with van der Waals surface area (Å²) in [6, 6.07) is 1.05. The van der Waals surface area contributed by atoms with Gasteiger partial charge in [-0.25, -0.2) is 0 Å². The molecule has 1 aromatic heterocycles. The molecular formula is C7H7F3OS. The van der Waals surface area contributed by atoms with E-state index in [4.69, 9.17) is 5.11 Å². The average molecular weight is 196 g/mol. The number of aryl methyl sites for hydroxylation is 1. The first-order chi connectivity index (χ1) is 5.45. The van der Waals surface area contributed by atoms with Crippen LogP contribution in [-0.4, -0.2) is 5.11 Å². The summed E-state index contributed by atoms with van der Waals surface area (Å²) in [5, 5.41) is 8.64. The van der Waals surface area contributed by atoms with Crippen LogP contribution in [0.4, 0.5) is 13.2 Å². The van der Waals surface area contributed by atoms with E-state index in [9.17, 15) is 13.2 Å². The van der Waals surface area contributed by atoms with Crippen molar-refractivity contribution in [2.24, 2.45) is 0 Å². The highest BCUT2D eigenvalue weighted by Gasteiger charge is 2.33. The molecule has 1 heterocycles. The maximum Gasteiger partial charge on any atom is 0.425 e. The molecule has 68 valence electrons. The van der Waals surface area contributed by atoms with Crippen LogP contribution in [0.15, 0.2) is 6.07 Å². The van der Waals surface area contributed by atoms with Gasteiger partial charge >= 0.3 is 6.18 Å². The lowest BCUT2D eigenvalue weighted by Crippen LogP contribution is -2.00. The van der Waals surface area contributed by atoms with E-state index in [1.807, 2.05) is 0 Å². The average Bonchev–Trinajstić information content (AvgIpc) is 2.29. The molecule has 1 N–H and O–H groups in total. The van der Waals surface area contributed by atoms with Crippen LogP contribution in [0.1, 0.15) is 15.3 Å². The SMILES string of the molecule is Cc1cc(C(F)(F)F)sc1CO.